The van der Waals surface area contributed by atoms with Gasteiger partial charge in [0.25, 0.3) is 5.78 Å². The molecule has 3 nitrogen and oxygen atoms in total. The Labute approximate surface area is 113 Å². The number of carbonyl (C=O) groups excluding carboxylic acids is 2. The van der Waals surface area contributed by atoms with Crippen LogP contribution in [-0.2, 0) is 9.53 Å². The minimum absolute atomic E-state index is 0.190. The SMILES string of the molecule is CCOC(=O)C(=O)c1sc2cccc(Cl)c2c1C. The third-order valence-corrected chi connectivity index (χ3v) is 4.14. The first kappa shape index (κ1) is 13.1. The second kappa shape index (κ2) is 5.08. The van der Waals surface area contributed by atoms with E-state index in [1.165, 1.54) is 11.3 Å². The van der Waals surface area contributed by atoms with E-state index in [0.717, 1.165) is 15.6 Å². The lowest BCUT2D eigenvalue weighted by Gasteiger charge is -1.99. The molecule has 1 heterocycles. The van der Waals surface area contributed by atoms with Crippen molar-refractivity contribution < 1.29 is 14.3 Å². The summed E-state index contributed by atoms with van der Waals surface area (Å²) >= 11 is 7.37. The Morgan fingerprint density at radius 3 is 2.72 bits per heavy atom. The molecule has 0 amide bonds. The van der Waals surface area contributed by atoms with Gasteiger partial charge < -0.3 is 4.74 Å². The van der Waals surface area contributed by atoms with E-state index in [4.69, 9.17) is 16.3 Å². The number of esters is 1. The Bertz CT molecular complexity index is 630. The summed E-state index contributed by atoms with van der Waals surface area (Å²) in [6.45, 7) is 3.65. The maximum atomic E-state index is 11.9. The average Bonchev–Trinajstić information content (AvgIpc) is 2.67. The summed E-state index contributed by atoms with van der Waals surface area (Å²) in [5, 5.41) is 1.42. The molecule has 0 fully saturated rings. The van der Waals surface area contributed by atoms with Crippen LogP contribution in [0.4, 0.5) is 0 Å². The van der Waals surface area contributed by atoms with Gasteiger partial charge in [-0.2, -0.15) is 0 Å². The molecule has 0 N–H and O–H groups in total. The zero-order valence-corrected chi connectivity index (χ0v) is 11.5. The zero-order valence-electron chi connectivity index (χ0n) is 9.95. The quantitative estimate of drug-likeness (QED) is 0.491. The highest BCUT2D eigenvalue weighted by molar-refractivity contribution is 7.21. The van der Waals surface area contributed by atoms with Crippen molar-refractivity contribution in [3.63, 3.8) is 0 Å². The van der Waals surface area contributed by atoms with E-state index in [9.17, 15) is 9.59 Å². The van der Waals surface area contributed by atoms with Crippen LogP contribution in [0.25, 0.3) is 10.1 Å². The summed E-state index contributed by atoms with van der Waals surface area (Å²) in [6, 6.07) is 5.46. The van der Waals surface area contributed by atoms with Crippen molar-refractivity contribution in [2.75, 3.05) is 6.61 Å². The molecule has 2 aromatic rings. The number of hydrogen-bond donors (Lipinski definition) is 0. The topological polar surface area (TPSA) is 43.4 Å². The van der Waals surface area contributed by atoms with Crippen molar-refractivity contribution in [2.45, 2.75) is 13.8 Å². The maximum absolute atomic E-state index is 11.9. The monoisotopic (exact) mass is 282 g/mol. The standard InChI is InChI=1S/C13H11ClO3S/c1-3-17-13(16)11(15)12-7(2)10-8(14)5-4-6-9(10)18-12/h4-6H,3H2,1-2H3. The lowest BCUT2D eigenvalue weighted by Crippen LogP contribution is -2.17. The number of halogens is 1. The second-order valence-electron chi connectivity index (χ2n) is 3.72. The van der Waals surface area contributed by atoms with Crippen LogP contribution in [0.2, 0.25) is 5.02 Å². The summed E-state index contributed by atoms with van der Waals surface area (Å²) < 4.78 is 5.62. The fourth-order valence-electron chi connectivity index (χ4n) is 1.76. The van der Waals surface area contributed by atoms with Gasteiger partial charge in [0.05, 0.1) is 11.5 Å². The first-order valence-electron chi connectivity index (χ1n) is 5.45. The number of fused-ring (bicyclic) bond motifs is 1. The molecule has 0 unspecified atom stereocenters. The number of benzene rings is 1. The lowest BCUT2D eigenvalue weighted by atomic mass is 10.1. The molecule has 1 aromatic carbocycles. The van der Waals surface area contributed by atoms with E-state index >= 15 is 0 Å². The van der Waals surface area contributed by atoms with Gasteiger partial charge >= 0.3 is 5.97 Å². The highest BCUT2D eigenvalue weighted by Crippen LogP contribution is 2.35. The van der Waals surface area contributed by atoms with Crippen molar-refractivity contribution in [3.05, 3.63) is 33.7 Å². The molecule has 0 radical (unpaired) electrons. The van der Waals surface area contributed by atoms with Crippen molar-refractivity contribution in [1.82, 2.24) is 0 Å². The summed E-state index contributed by atoms with van der Waals surface area (Å²) in [4.78, 5) is 23.8. The first-order chi connectivity index (χ1) is 8.56. The predicted octanol–water partition coefficient (Wildman–Crippen LogP) is 3.61. The van der Waals surface area contributed by atoms with Gasteiger partial charge in [0.1, 0.15) is 0 Å². The van der Waals surface area contributed by atoms with Gasteiger partial charge in [0.2, 0.25) is 0 Å². The molecule has 0 aliphatic heterocycles. The molecule has 0 aliphatic carbocycles. The Kier molecular flexibility index (Phi) is 3.68. The summed E-state index contributed by atoms with van der Waals surface area (Å²) in [6.07, 6.45) is 0. The Morgan fingerprint density at radius 1 is 1.39 bits per heavy atom. The molecule has 5 heteroatoms. The molecule has 2 rings (SSSR count). The number of ether oxygens (including phenoxy) is 1. The highest BCUT2D eigenvalue weighted by atomic mass is 35.5. The summed E-state index contributed by atoms with van der Waals surface area (Å²) in [7, 11) is 0. The number of hydrogen-bond acceptors (Lipinski definition) is 4. The number of carbonyl (C=O) groups is 2. The Balaban J connectivity index is 2.53. The van der Waals surface area contributed by atoms with Gasteiger partial charge in [-0.25, -0.2) is 4.79 Å². The fraction of sp³-hybridized carbons (Fsp3) is 0.231. The van der Waals surface area contributed by atoms with Crippen LogP contribution >= 0.6 is 22.9 Å². The molecule has 0 bridgehead atoms. The summed E-state index contributed by atoms with van der Waals surface area (Å²) in [5.41, 5.74) is 0.735. The van der Waals surface area contributed by atoms with Crippen LogP contribution in [-0.4, -0.2) is 18.4 Å². The molecular weight excluding hydrogens is 272 g/mol. The Hall–Kier alpha value is -1.39. The molecule has 18 heavy (non-hydrogen) atoms. The minimum Gasteiger partial charge on any atom is -0.460 e. The zero-order chi connectivity index (χ0) is 13.3. The minimum atomic E-state index is -0.816. The van der Waals surface area contributed by atoms with Gasteiger partial charge in [0.15, 0.2) is 0 Å². The molecule has 1 aromatic heterocycles. The van der Waals surface area contributed by atoms with Crippen LogP contribution in [0.1, 0.15) is 22.2 Å². The number of thiophene rings is 1. The fourth-order valence-corrected chi connectivity index (χ4v) is 3.29. The molecule has 0 saturated carbocycles. The maximum Gasteiger partial charge on any atom is 0.380 e. The molecular formula is C13H11ClO3S. The van der Waals surface area contributed by atoms with Gasteiger partial charge in [-0.3, -0.25) is 4.79 Å². The number of Topliss-reactive ketones (excluding diaryl/α,β-unsaturated/α-hetero) is 1. The van der Waals surface area contributed by atoms with E-state index in [1.54, 1.807) is 19.9 Å². The van der Waals surface area contributed by atoms with E-state index < -0.39 is 11.8 Å². The number of aryl methyl sites for hydroxylation is 1. The van der Waals surface area contributed by atoms with E-state index in [-0.39, 0.29) is 6.61 Å². The Morgan fingerprint density at radius 2 is 2.11 bits per heavy atom. The van der Waals surface area contributed by atoms with E-state index in [1.807, 2.05) is 12.1 Å². The predicted molar refractivity (Wildman–Crippen MR) is 72.5 cm³/mol. The van der Waals surface area contributed by atoms with E-state index in [2.05, 4.69) is 0 Å². The number of ketones is 1. The van der Waals surface area contributed by atoms with Crippen molar-refractivity contribution in [3.8, 4) is 0 Å². The van der Waals surface area contributed by atoms with Crippen LogP contribution in [0.3, 0.4) is 0 Å². The third kappa shape index (κ3) is 2.13. The first-order valence-corrected chi connectivity index (χ1v) is 6.64. The van der Waals surface area contributed by atoms with Crippen molar-refractivity contribution in [2.24, 2.45) is 0 Å². The smallest absolute Gasteiger partial charge is 0.380 e. The third-order valence-electron chi connectivity index (χ3n) is 2.57. The molecule has 0 atom stereocenters. The average molecular weight is 283 g/mol. The lowest BCUT2D eigenvalue weighted by molar-refractivity contribution is -0.137. The van der Waals surface area contributed by atoms with Crippen molar-refractivity contribution >= 4 is 44.8 Å². The molecule has 0 saturated heterocycles. The van der Waals surface area contributed by atoms with Crippen LogP contribution < -0.4 is 0 Å². The molecule has 0 aliphatic rings. The van der Waals surface area contributed by atoms with Gasteiger partial charge in [-0.15, -0.1) is 11.3 Å². The second-order valence-corrected chi connectivity index (χ2v) is 5.18. The highest BCUT2D eigenvalue weighted by Gasteiger charge is 2.23. The normalized spacial score (nSPS) is 10.6. The summed E-state index contributed by atoms with van der Waals surface area (Å²) in [5.74, 6) is -1.42. The van der Waals surface area contributed by atoms with Crippen LogP contribution in [0.15, 0.2) is 18.2 Å². The molecule has 0 spiro atoms. The molecule has 94 valence electrons. The largest absolute Gasteiger partial charge is 0.460 e. The van der Waals surface area contributed by atoms with Gasteiger partial charge in [-0.1, -0.05) is 17.7 Å². The van der Waals surface area contributed by atoms with Crippen LogP contribution in [0, 0.1) is 6.92 Å². The van der Waals surface area contributed by atoms with Gasteiger partial charge in [0, 0.05) is 15.1 Å². The van der Waals surface area contributed by atoms with Gasteiger partial charge in [-0.05, 0) is 31.5 Å². The van der Waals surface area contributed by atoms with E-state index in [0.29, 0.717) is 9.90 Å². The van der Waals surface area contributed by atoms with Crippen molar-refractivity contribution in [1.29, 1.82) is 0 Å². The van der Waals surface area contributed by atoms with Crippen LogP contribution in [0.5, 0.6) is 0 Å². The number of rotatable bonds is 3.